The first-order valence-corrected chi connectivity index (χ1v) is 9.89. The Bertz CT molecular complexity index is 1080. The number of hydrogen-bond acceptors (Lipinski definition) is 3. The Kier molecular flexibility index (Phi) is 5.29. The van der Waals surface area contributed by atoms with Gasteiger partial charge in [0.15, 0.2) is 0 Å². The fraction of sp³-hybridized carbons (Fsp3) is 0.167. The molecular weight excluding hydrogens is 360 g/mol. The summed E-state index contributed by atoms with van der Waals surface area (Å²) >= 11 is 0. The molecule has 3 aromatic carbocycles. The van der Waals surface area contributed by atoms with Crippen molar-refractivity contribution >= 4 is 28.3 Å². The summed E-state index contributed by atoms with van der Waals surface area (Å²) in [5, 5.41) is 2.96. The highest BCUT2D eigenvalue weighted by Crippen LogP contribution is 2.22. The Morgan fingerprint density at radius 1 is 0.931 bits per heavy atom. The number of aromatic amines is 1. The minimum absolute atomic E-state index is 0.118. The van der Waals surface area contributed by atoms with E-state index in [0.29, 0.717) is 5.56 Å². The quantitative estimate of drug-likeness (QED) is 0.472. The fourth-order valence-electron chi connectivity index (χ4n) is 3.42. The molecule has 1 amide bonds. The van der Waals surface area contributed by atoms with Gasteiger partial charge in [-0.15, -0.1) is 0 Å². The summed E-state index contributed by atoms with van der Waals surface area (Å²) < 4.78 is 0. The molecular formula is C24H24N4O. The number of amides is 1. The molecule has 29 heavy (non-hydrogen) atoms. The van der Waals surface area contributed by atoms with Gasteiger partial charge in [-0.05, 0) is 74.5 Å². The average Bonchev–Trinajstić information content (AvgIpc) is 3.20. The van der Waals surface area contributed by atoms with Crippen molar-refractivity contribution in [2.75, 3.05) is 23.3 Å². The zero-order valence-corrected chi connectivity index (χ0v) is 16.6. The van der Waals surface area contributed by atoms with E-state index in [2.05, 4.69) is 34.0 Å². The highest BCUT2D eigenvalue weighted by atomic mass is 16.1. The van der Waals surface area contributed by atoms with Crippen LogP contribution in [-0.2, 0) is 0 Å². The lowest BCUT2D eigenvalue weighted by molar-refractivity contribution is 0.102. The highest BCUT2D eigenvalue weighted by molar-refractivity contribution is 6.04. The zero-order valence-electron chi connectivity index (χ0n) is 16.6. The summed E-state index contributed by atoms with van der Waals surface area (Å²) in [7, 11) is 0. The number of para-hydroxylation sites is 2. The van der Waals surface area contributed by atoms with Crippen molar-refractivity contribution in [3.05, 3.63) is 78.4 Å². The number of nitrogens with one attached hydrogen (secondary N) is 2. The standard InChI is InChI=1S/C24H24N4O/c1-3-28(4-2)20-15-11-18(12-16-20)24(29)25-19-13-9-17(10-14-19)23-26-21-7-5-6-8-22(21)27-23/h5-16H,3-4H2,1-2H3,(H,25,29)(H,26,27). The Morgan fingerprint density at radius 3 is 2.28 bits per heavy atom. The molecule has 0 fully saturated rings. The van der Waals surface area contributed by atoms with Crippen molar-refractivity contribution in [3.8, 4) is 11.4 Å². The van der Waals surface area contributed by atoms with E-state index in [-0.39, 0.29) is 5.91 Å². The largest absolute Gasteiger partial charge is 0.372 e. The molecule has 0 aliphatic heterocycles. The number of aromatic nitrogens is 2. The predicted octanol–water partition coefficient (Wildman–Crippen LogP) is 5.33. The van der Waals surface area contributed by atoms with Gasteiger partial charge >= 0.3 is 0 Å². The van der Waals surface area contributed by atoms with Gasteiger partial charge in [-0.3, -0.25) is 4.79 Å². The summed E-state index contributed by atoms with van der Waals surface area (Å²) in [5.74, 6) is 0.698. The van der Waals surface area contributed by atoms with Gasteiger partial charge in [0.2, 0.25) is 0 Å². The molecule has 0 bridgehead atoms. The molecule has 0 radical (unpaired) electrons. The van der Waals surface area contributed by atoms with Gasteiger partial charge in [0.1, 0.15) is 5.82 Å². The molecule has 0 atom stereocenters. The molecule has 0 aliphatic carbocycles. The monoisotopic (exact) mass is 384 g/mol. The Balaban J connectivity index is 1.46. The molecule has 2 N–H and O–H groups in total. The number of imidazole rings is 1. The number of hydrogen-bond donors (Lipinski definition) is 2. The van der Waals surface area contributed by atoms with Crippen LogP contribution >= 0.6 is 0 Å². The maximum Gasteiger partial charge on any atom is 0.255 e. The van der Waals surface area contributed by atoms with Gasteiger partial charge in [0.05, 0.1) is 11.0 Å². The molecule has 1 heterocycles. The number of H-pyrrole nitrogens is 1. The fourth-order valence-corrected chi connectivity index (χ4v) is 3.42. The van der Waals surface area contributed by atoms with Gasteiger partial charge in [-0.25, -0.2) is 4.98 Å². The Morgan fingerprint density at radius 2 is 1.62 bits per heavy atom. The van der Waals surface area contributed by atoms with Gasteiger partial charge in [-0.1, -0.05) is 12.1 Å². The van der Waals surface area contributed by atoms with E-state index in [9.17, 15) is 4.79 Å². The van der Waals surface area contributed by atoms with Crippen LogP contribution in [0.25, 0.3) is 22.4 Å². The van der Waals surface area contributed by atoms with Crippen LogP contribution in [0.15, 0.2) is 72.8 Å². The molecule has 4 rings (SSSR count). The van der Waals surface area contributed by atoms with Crippen molar-refractivity contribution in [1.29, 1.82) is 0 Å². The number of benzene rings is 3. The molecule has 0 saturated heterocycles. The summed E-state index contributed by atoms with van der Waals surface area (Å²) in [6.45, 7) is 6.14. The van der Waals surface area contributed by atoms with E-state index in [4.69, 9.17) is 0 Å². The van der Waals surface area contributed by atoms with Gasteiger partial charge < -0.3 is 15.2 Å². The average molecular weight is 384 g/mol. The molecule has 0 unspecified atom stereocenters. The second-order valence-electron chi connectivity index (χ2n) is 6.85. The zero-order chi connectivity index (χ0) is 20.2. The lowest BCUT2D eigenvalue weighted by atomic mass is 10.1. The summed E-state index contributed by atoms with van der Waals surface area (Å²) in [5.41, 5.74) is 5.44. The number of carbonyl (C=O) groups is 1. The topological polar surface area (TPSA) is 61.0 Å². The minimum Gasteiger partial charge on any atom is -0.372 e. The summed E-state index contributed by atoms with van der Waals surface area (Å²) in [6.07, 6.45) is 0. The third kappa shape index (κ3) is 3.99. The van der Waals surface area contributed by atoms with Crippen molar-refractivity contribution < 1.29 is 4.79 Å². The number of rotatable bonds is 6. The SMILES string of the molecule is CCN(CC)c1ccc(C(=O)Nc2ccc(-c3nc4ccccc4[nH]3)cc2)cc1. The first kappa shape index (κ1) is 18.7. The van der Waals surface area contributed by atoms with Crippen LogP contribution < -0.4 is 10.2 Å². The van der Waals surface area contributed by atoms with E-state index < -0.39 is 0 Å². The van der Waals surface area contributed by atoms with Crippen LogP contribution in [0.2, 0.25) is 0 Å². The van der Waals surface area contributed by atoms with Crippen LogP contribution in [0.5, 0.6) is 0 Å². The first-order valence-electron chi connectivity index (χ1n) is 9.89. The Hall–Kier alpha value is -3.60. The lowest BCUT2D eigenvalue weighted by Crippen LogP contribution is -2.21. The molecule has 4 aromatic rings. The van der Waals surface area contributed by atoms with Crippen LogP contribution in [-0.4, -0.2) is 29.0 Å². The third-order valence-corrected chi connectivity index (χ3v) is 5.06. The van der Waals surface area contributed by atoms with Crippen molar-refractivity contribution in [3.63, 3.8) is 0 Å². The Labute approximate surface area is 170 Å². The number of anilines is 2. The van der Waals surface area contributed by atoms with Crippen molar-refractivity contribution in [2.24, 2.45) is 0 Å². The van der Waals surface area contributed by atoms with Gasteiger partial charge in [0.25, 0.3) is 5.91 Å². The molecule has 146 valence electrons. The second kappa shape index (κ2) is 8.19. The van der Waals surface area contributed by atoms with Gasteiger partial charge in [-0.2, -0.15) is 0 Å². The van der Waals surface area contributed by atoms with Crippen LogP contribution in [0.1, 0.15) is 24.2 Å². The highest BCUT2D eigenvalue weighted by Gasteiger charge is 2.09. The molecule has 5 heteroatoms. The molecule has 1 aromatic heterocycles. The minimum atomic E-state index is -0.118. The normalized spacial score (nSPS) is 10.8. The van der Waals surface area contributed by atoms with Crippen LogP contribution in [0, 0.1) is 0 Å². The lowest BCUT2D eigenvalue weighted by Gasteiger charge is -2.21. The van der Waals surface area contributed by atoms with E-state index in [1.165, 1.54) is 0 Å². The number of fused-ring (bicyclic) bond motifs is 1. The molecule has 5 nitrogen and oxygen atoms in total. The van der Waals surface area contributed by atoms with Crippen molar-refractivity contribution in [1.82, 2.24) is 9.97 Å². The van der Waals surface area contributed by atoms with Crippen LogP contribution in [0.4, 0.5) is 11.4 Å². The van der Waals surface area contributed by atoms with Gasteiger partial charge in [0, 0.05) is 35.6 Å². The molecule has 0 aliphatic rings. The number of carbonyl (C=O) groups excluding carboxylic acids is 1. The maximum atomic E-state index is 12.6. The summed E-state index contributed by atoms with van der Waals surface area (Å²) in [6, 6.07) is 23.4. The summed E-state index contributed by atoms with van der Waals surface area (Å²) in [4.78, 5) is 22.7. The third-order valence-electron chi connectivity index (χ3n) is 5.06. The van der Waals surface area contributed by atoms with E-state index in [0.717, 1.165) is 46.9 Å². The maximum absolute atomic E-state index is 12.6. The van der Waals surface area contributed by atoms with Crippen LogP contribution in [0.3, 0.4) is 0 Å². The molecule has 0 spiro atoms. The second-order valence-corrected chi connectivity index (χ2v) is 6.85. The predicted molar refractivity (Wildman–Crippen MR) is 119 cm³/mol. The van der Waals surface area contributed by atoms with E-state index in [1.807, 2.05) is 72.8 Å². The van der Waals surface area contributed by atoms with Crippen molar-refractivity contribution in [2.45, 2.75) is 13.8 Å². The molecule has 0 saturated carbocycles. The van der Waals surface area contributed by atoms with E-state index >= 15 is 0 Å². The number of nitrogens with zero attached hydrogens (tertiary/aromatic N) is 2. The first-order chi connectivity index (χ1) is 14.2. The van der Waals surface area contributed by atoms with E-state index in [1.54, 1.807) is 0 Å². The smallest absolute Gasteiger partial charge is 0.255 e.